The van der Waals surface area contributed by atoms with Gasteiger partial charge in [-0.15, -0.1) is 24.5 Å². The molecule has 3 rings (SSSR count). The lowest BCUT2D eigenvalue weighted by Gasteiger charge is -2.16. The monoisotopic (exact) mass is 513 g/mol. The maximum atomic E-state index is 12.4. The Kier molecular flexibility index (Phi) is 8.35. The van der Waals surface area contributed by atoms with Crippen molar-refractivity contribution in [2.75, 3.05) is 6.54 Å². The average Bonchev–Trinajstić information content (AvgIpc) is 3.15. The third kappa shape index (κ3) is 7.72. The van der Waals surface area contributed by atoms with Gasteiger partial charge >= 0.3 is 12.3 Å². The predicted octanol–water partition coefficient (Wildman–Crippen LogP) is 3.25. The average molecular weight is 513 g/mol. The minimum Gasteiger partial charge on any atom is -0.510 e. The van der Waals surface area contributed by atoms with Crippen LogP contribution in [-0.4, -0.2) is 50.8 Å². The fourth-order valence-corrected chi connectivity index (χ4v) is 4.17. The first kappa shape index (κ1) is 26.0. The van der Waals surface area contributed by atoms with Crippen LogP contribution < -0.4 is 14.9 Å². The van der Waals surface area contributed by atoms with Crippen LogP contribution in [0.15, 0.2) is 52.5 Å². The van der Waals surface area contributed by atoms with E-state index >= 15 is 0 Å². The molecule has 0 fully saturated rings. The van der Waals surface area contributed by atoms with Gasteiger partial charge in [0.25, 0.3) is 0 Å². The highest BCUT2D eigenvalue weighted by Gasteiger charge is 2.31. The number of amides is 1. The van der Waals surface area contributed by atoms with Gasteiger partial charge < -0.3 is 29.9 Å². The number of aliphatic hydroxyl groups is 2. The zero-order chi connectivity index (χ0) is 25.6. The Hall–Kier alpha value is -3.58. The van der Waals surface area contributed by atoms with Crippen molar-refractivity contribution in [3.8, 4) is 5.75 Å². The molecule has 1 atom stereocenters. The fourth-order valence-electron chi connectivity index (χ4n) is 3.22. The number of nitrogens with zero attached hydrogens (tertiary/aromatic N) is 2. The van der Waals surface area contributed by atoms with Crippen LogP contribution >= 0.6 is 11.3 Å². The molecule has 35 heavy (non-hydrogen) atoms. The molecule has 1 heterocycles. The Balaban J connectivity index is 1.85. The fraction of sp³-hybridized carbons (Fsp3) is 0.318. The van der Waals surface area contributed by atoms with Crippen LogP contribution in [-0.2, 0) is 16.1 Å². The number of hydrogen-bond donors (Lipinski definition) is 4. The SMILES string of the molecule is O=C(O)CC(=O)NCCCn1c(C2=CCC(O)C(O)=C2)csc1=Nc1ccc(OC(F)(F)F)cc1. The number of carboxylic acid groups (broad SMARTS) is 1. The van der Waals surface area contributed by atoms with E-state index in [0.717, 1.165) is 12.1 Å². The number of halogens is 3. The van der Waals surface area contributed by atoms with Gasteiger partial charge in [0.05, 0.1) is 11.4 Å². The van der Waals surface area contributed by atoms with Crippen molar-refractivity contribution < 1.29 is 42.8 Å². The molecule has 0 bridgehead atoms. The summed E-state index contributed by atoms with van der Waals surface area (Å²) < 4.78 is 42.8. The lowest BCUT2D eigenvalue weighted by molar-refractivity contribution is -0.274. The molecule has 1 aliphatic rings. The molecule has 13 heteroatoms. The number of alkyl halides is 3. The number of aliphatic carboxylic acids is 1. The van der Waals surface area contributed by atoms with Gasteiger partial charge in [-0.05, 0) is 48.8 Å². The van der Waals surface area contributed by atoms with Crippen molar-refractivity contribution in [3.05, 3.63) is 58.1 Å². The van der Waals surface area contributed by atoms with Gasteiger partial charge in [0.2, 0.25) is 5.91 Å². The molecule has 2 aromatic rings. The molecule has 0 radical (unpaired) electrons. The molecule has 0 spiro atoms. The number of nitrogens with one attached hydrogen (secondary N) is 1. The highest BCUT2D eigenvalue weighted by Crippen LogP contribution is 2.27. The summed E-state index contributed by atoms with van der Waals surface area (Å²) in [5, 5.41) is 32.7. The number of allylic oxidation sites excluding steroid dienone is 2. The Bertz CT molecular complexity index is 1200. The second kappa shape index (κ2) is 11.2. The van der Waals surface area contributed by atoms with Crippen molar-refractivity contribution in [1.82, 2.24) is 9.88 Å². The number of carbonyl (C=O) groups is 2. The third-order valence-electron chi connectivity index (χ3n) is 4.79. The maximum absolute atomic E-state index is 12.4. The van der Waals surface area contributed by atoms with E-state index in [9.17, 15) is 33.0 Å². The molecule has 1 aromatic heterocycles. The van der Waals surface area contributed by atoms with Crippen molar-refractivity contribution in [2.45, 2.75) is 38.3 Å². The number of aliphatic hydroxyl groups excluding tert-OH is 2. The van der Waals surface area contributed by atoms with Crippen LogP contribution in [0.5, 0.6) is 5.75 Å². The lowest BCUT2D eigenvalue weighted by Crippen LogP contribution is -2.28. The van der Waals surface area contributed by atoms with Crippen molar-refractivity contribution in [1.29, 1.82) is 0 Å². The molecule has 1 aromatic carbocycles. The summed E-state index contributed by atoms with van der Waals surface area (Å²) in [5.41, 5.74) is 1.71. The molecule has 1 aliphatic carbocycles. The van der Waals surface area contributed by atoms with Gasteiger partial charge in [0.15, 0.2) is 4.80 Å². The van der Waals surface area contributed by atoms with Gasteiger partial charge in [0.1, 0.15) is 24.0 Å². The van der Waals surface area contributed by atoms with Crippen molar-refractivity contribution in [3.63, 3.8) is 0 Å². The van der Waals surface area contributed by atoms with Crippen molar-refractivity contribution >= 4 is 34.5 Å². The summed E-state index contributed by atoms with van der Waals surface area (Å²) in [4.78, 5) is 27.2. The standard InChI is InChI=1S/C22H22F3N3O6S/c23-22(24,25)34-15-5-3-14(4-6-15)27-21-28(9-1-8-26-19(31)11-20(32)33)16(12-35-21)13-2-7-17(29)18(30)10-13/h2-6,10,12,17,29-30H,1,7-9,11H2,(H,26,31)(H,32,33). The number of hydrogen-bond acceptors (Lipinski definition) is 7. The van der Waals surface area contributed by atoms with Crippen LogP contribution in [0.3, 0.4) is 0 Å². The number of carbonyl (C=O) groups excluding carboxylic acids is 1. The number of benzene rings is 1. The molecular formula is C22H22F3N3O6S. The number of aromatic nitrogens is 1. The Morgan fingerprint density at radius 1 is 1.26 bits per heavy atom. The summed E-state index contributed by atoms with van der Waals surface area (Å²) in [6.07, 6.45) is -2.59. The highest BCUT2D eigenvalue weighted by molar-refractivity contribution is 7.07. The zero-order valence-electron chi connectivity index (χ0n) is 18.2. The summed E-state index contributed by atoms with van der Waals surface area (Å²) in [6.45, 7) is 0.560. The highest BCUT2D eigenvalue weighted by atomic mass is 32.1. The molecule has 0 aliphatic heterocycles. The number of carboxylic acids is 1. The smallest absolute Gasteiger partial charge is 0.510 e. The van der Waals surface area contributed by atoms with Gasteiger partial charge in [-0.25, -0.2) is 4.99 Å². The van der Waals surface area contributed by atoms with Gasteiger partial charge in [-0.3, -0.25) is 9.59 Å². The molecule has 0 saturated heterocycles. The van der Waals surface area contributed by atoms with Gasteiger partial charge in [-0.1, -0.05) is 6.08 Å². The van der Waals surface area contributed by atoms with E-state index in [1.807, 2.05) is 4.57 Å². The summed E-state index contributed by atoms with van der Waals surface area (Å²) in [7, 11) is 0. The maximum Gasteiger partial charge on any atom is 0.573 e. The lowest BCUT2D eigenvalue weighted by atomic mass is 10.0. The van der Waals surface area contributed by atoms with E-state index in [1.165, 1.54) is 29.5 Å². The Labute approximate surface area is 201 Å². The third-order valence-corrected chi connectivity index (χ3v) is 5.65. The quantitative estimate of drug-likeness (QED) is 0.301. The summed E-state index contributed by atoms with van der Waals surface area (Å²) in [6, 6.07) is 5.04. The number of rotatable bonds is 9. The summed E-state index contributed by atoms with van der Waals surface area (Å²) >= 11 is 1.26. The first-order valence-electron chi connectivity index (χ1n) is 10.4. The van der Waals surface area contributed by atoms with Crippen LogP contribution in [0.4, 0.5) is 18.9 Å². The Morgan fingerprint density at radius 3 is 2.60 bits per heavy atom. The predicted molar refractivity (Wildman–Crippen MR) is 120 cm³/mol. The van der Waals surface area contributed by atoms with E-state index in [1.54, 1.807) is 11.5 Å². The minimum atomic E-state index is -4.80. The first-order chi connectivity index (χ1) is 16.5. The molecule has 4 N–H and O–H groups in total. The van der Waals surface area contributed by atoms with Gasteiger partial charge in [0, 0.05) is 18.5 Å². The zero-order valence-corrected chi connectivity index (χ0v) is 19.0. The normalized spacial score (nSPS) is 16.5. The van der Waals surface area contributed by atoms with Crippen LogP contribution in [0.2, 0.25) is 0 Å². The van der Waals surface area contributed by atoms with E-state index in [0.29, 0.717) is 34.7 Å². The van der Waals surface area contributed by atoms with Crippen molar-refractivity contribution in [2.24, 2.45) is 4.99 Å². The van der Waals surface area contributed by atoms with Crippen LogP contribution in [0.25, 0.3) is 5.57 Å². The first-order valence-corrected chi connectivity index (χ1v) is 11.3. The number of thiazole rings is 1. The molecule has 1 unspecified atom stereocenters. The second-order valence-electron chi connectivity index (χ2n) is 7.46. The summed E-state index contributed by atoms with van der Waals surface area (Å²) in [5.74, 6) is -2.40. The van der Waals surface area contributed by atoms with Crippen LogP contribution in [0, 0.1) is 0 Å². The second-order valence-corrected chi connectivity index (χ2v) is 8.30. The van der Waals surface area contributed by atoms with E-state index in [-0.39, 0.29) is 24.5 Å². The molecular weight excluding hydrogens is 491 g/mol. The molecule has 188 valence electrons. The topological polar surface area (TPSA) is 133 Å². The molecule has 1 amide bonds. The van der Waals surface area contributed by atoms with Gasteiger partial charge in [-0.2, -0.15) is 0 Å². The minimum absolute atomic E-state index is 0.181. The van der Waals surface area contributed by atoms with Crippen LogP contribution in [0.1, 0.15) is 25.0 Å². The van der Waals surface area contributed by atoms with E-state index in [4.69, 9.17) is 5.11 Å². The number of ether oxygens (including phenoxy) is 1. The van der Waals surface area contributed by atoms with E-state index in [2.05, 4.69) is 15.0 Å². The molecule has 0 saturated carbocycles. The van der Waals surface area contributed by atoms with E-state index < -0.39 is 30.8 Å². The molecule has 9 nitrogen and oxygen atoms in total. The Morgan fingerprint density at radius 2 is 1.97 bits per heavy atom. The largest absolute Gasteiger partial charge is 0.573 e.